The van der Waals surface area contributed by atoms with Gasteiger partial charge in [-0.2, -0.15) is 17.0 Å². The Labute approximate surface area is 112 Å². The monoisotopic (exact) mass is 286 g/mol. The summed E-state index contributed by atoms with van der Waals surface area (Å²) in [4.78, 5) is 17.5. The Morgan fingerprint density at radius 3 is 2.84 bits per heavy atom. The highest BCUT2D eigenvalue weighted by molar-refractivity contribution is 7.86. The van der Waals surface area contributed by atoms with Gasteiger partial charge in [0.2, 0.25) is 0 Å². The topological polar surface area (TPSA) is 86.4 Å². The van der Waals surface area contributed by atoms with Crippen molar-refractivity contribution in [3.8, 4) is 0 Å². The first-order valence-corrected chi connectivity index (χ1v) is 7.54. The van der Waals surface area contributed by atoms with Crippen molar-refractivity contribution in [3.05, 3.63) is 28.4 Å². The molecule has 106 valence electrons. The van der Waals surface area contributed by atoms with E-state index >= 15 is 0 Å². The quantitative estimate of drug-likeness (QED) is 0.830. The van der Waals surface area contributed by atoms with E-state index in [-0.39, 0.29) is 5.92 Å². The van der Waals surface area contributed by atoms with Crippen molar-refractivity contribution < 1.29 is 8.42 Å². The Kier molecular flexibility index (Phi) is 4.02. The van der Waals surface area contributed by atoms with Gasteiger partial charge in [0.15, 0.2) is 0 Å². The summed E-state index contributed by atoms with van der Waals surface area (Å²) in [6.07, 6.45) is 3.09. The lowest BCUT2D eigenvalue weighted by atomic mass is 9.96. The molecule has 1 fully saturated rings. The molecule has 1 aromatic rings. The maximum Gasteiger partial charge on any atom is 0.345 e. The fraction of sp³-hybridized carbons (Fsp3) is 0.636. The third-order valence-electron chi connectivity index (χ3n) is 3.31. The molecule has 0 aromatic carbocycles. The first-order chi connectivity index (χ1) is 8.91. The van der Waals surface area contributed by atoms with Crippen LogP contribution in [-0.2, 0) is 10.2 Å². The van der Waals surface area contributed by atoms with Crippen molar-refractivity contribution in [2.75, 3.05) is 27.2 Å². The molecule has 19 heavy (non-hydrogen) atoms. The number of aromatic nitrogens is 2. The molecule has 0 bridgehead atoms. The second kappa shape index (κ2) is 5.40. The lowest BCUT2D eigenvalue weighted by molar-refractivity contribution is 0.296. The molecular formula is C11H18N4O3S. The molecule has 2 heterocycles. The van der Waals surface area contributed by atoms with E-state index in [9.17, 15) is 13.2 Å². The lowest BCUT2D eigenvalue weighted by Gasteiger charge is -2.33. The lowest BCUT2D eigenvalue weighted by Crippen LogP contribution is -2.45. The number of hydrogen-bond acceptors (Lipinski definition) is 4. The zero-order chi connectivity index (χ0) is 14.0. The fourth-order valence-electron chi connectivity index (χ4n) is 2.26. The predicted octanol–water partition coefficient (Wildman–Crippen LogP) is -0.244. The highest BCUT2D eigenvalue weighted by atomic mass is 32.2. The van der Waals surface area contributed by atoms with Crippen LogP contribution in [0.4, 0.5) is 0 Å². The Bertz CT molecular complexity index is 596. The minimum absolute atomic E-state index is 0.0131. The number of rotatable bonds is 3. The highest BCUT2D eigenvalue weighted by Crippen LogP contribution is 2.26. The molecule has 7 nitrogen and oxygen atoms in total. The van der Waals surface area contributed by atoms with Gasteiger partial charge in [0.25, 0.3) is 10.2 Å². The van der Waals surface area contributed by atoms with Gasteiger partial charge in [0.05, 0.1) is 0 Å². The van der Waals surface area contributed by atoms with E-state index < -0.39 is 15.9 Å². The van der Waals surface area contributed by atoms with Crippen molar-refractivity contribution >= 4 is 10.2 Å². The zero-order valence-corrected chi connectivity index (χ0v) is 11.9. The van der Waals surface area contributed by atoms with Crippen LogP contribution < -0.4 is 5.69 Å². The Balaban J connectivity index is 2.21. The van der Waals surface area contributed by atoms with Gasteiger partial charge in [-0.15, -0.1) is 0 Å². The van der Waals surface area contributed by atoms with Crippen LogP contribution in [0.5, 0.6) is 0 Å². The maximum atomic E-state index is 12.1. The largest absolute Gasteiger partial charge is 0.345 e. The van der Waals surface area contributed by atoms with Crippen molar-refractivity contribution in [1.82, 2.24) is 18.6 Å². The van der Waals surface area contributed by atoms with Crippen molar-refractivity contribution in [1.29, 1.82) is 0 Å². The second-order valence-corrected chi connectivity index (χ2v) is 6.96. The minimum atomic E-state index is -3.39. The minimum Gasteiger partial charge on any atom is -0.309 e. The SMILES string of the molecule is CN(C)S(=O)(=O)N1CCC[C@@H](c2ccnc(=O)[nH]2)C1. The van der Waals surface area contributed by atoms with E-state index in [1.54, 1.807) is 6.07 Å². The third kappa shape index (κ3) is 3.02. The highest BCUT2D eigenvalue weighted by Gasteiger charge is 2.31. The summed E-state index contributed by atoms with van der Waals surface area (Å²) in [7, 11) is -0.350. The summed E-state index contributed by atoms with van der Waals surface area (Å²) >= 11 is 0. The fourth-order valence-corrected chi connectivity index (χ4v) is 3.45. The van der Waals surface area contributed by atoms with E-state index in [0.29, 0.717) is 13.1 Å². The molecule has 0 spiro atoms. The van der Waals surface area contributed by atoms with Gasteiger partial charge in [-0.05, 0) is 18.9 Å². The Morgan fingerprint density at radius 2 is 2.21 bits per heavy atom. The summed E-state index contributed by atoms with van der Waals surface area (Å²) in [5.41, 5.74) is 0.351. The summed E-state index contributed by atoms with van der Waals surface area (Å²) in [5.74, 6) is 0.0131. The standard InChI is InChI=1S/C11H18N4O3S/c1-14(2)19(17,18)15-7-3-4-9(8-15)10-5-6-12-11(16)13-10/h5-6,9H,3-4,7-8H2,1-2H3,(H,12,13,16)/t9-/m1/s1. The molecule has 0 amide bonds. The molecule has 0 saturated carbocycles. The molecule has 1 aliphatic rings. The number of aromatic amines is 1. The average molecular weight is 286 g/mol. The molecular weight excluding hydrogens is 268 g/mol. The Morgan fingerprint density at radius 1 is 1.47 bits per heavy atom. The van der Waals surface area contributed by atoms with Crippen molar-refractivity contribution in [2.24, 2.45) is 0 Å². The number of hydrogen-bond donors (Lipinski definition) is 1. The summed E-state index contributed by atoms with van der Waals surface area (Å²) in [6, 6.07) is 1.73. The van der Waals surface area contributed by atoms with E-state index in [2.05, 4.69) is 9.97 Å². The molecule has 1 atom stereocenters. The molecule has 0 radical (unpaired) electrons. The number of H-pyrrole nitrogens is 1. The van der Waals surface area contributed by atoms with E-state index in [0.717, 1.165) is 18.5 Å². The summed E-state index contributed by atoms with van der Waals surface area (Å²) < 4.78 is 26.9. The predicted molar refractivity (Wildman–Crippen MR) is 71.0 cm³/mol. The molecule has 1 N–H and O–H groups in total. The van der Waals surface area contributed by atoms with Gasteiger partial charge in [-0.1, -0.05) is 0 Å². The normalized spacial score (nSPS) is 21.7. The van der Waals surface area contributed by atoms with Crippen LogP contribution in [0.2, 0.25) is 0 Å². The number of nitrogens with one attached hydrogen (secondary N) is 1. The molecule has 8 heteroatoms. The molecule has 1 aliphatic heterocycles. The molecule has 0 unspecified atom stereocenters. The molecule has 1 aromatic heterocycles. The molecule has 0 aliphatic carbocycles. The van der Waals surface area contributed by atoms with Gasteiger partial charge in [0, 0.05) is 45.0 Å². The molecule has 2 rings (SSSR count). The number of piperidine rings is 1. The smallest absolute Gasteiger partial charge is 0.309 e. The number of nitrogens with zero attached hydrogens (tertiary/aromatic N) is 3. The Hall–Kier alpha value is -1.25. The average Bonchev–Trinajstić information content (AvgIpc) is 2.38. The second-order valence-electron chi connectivity index (χ2n) is 4.82. The van der Waals surface area contributed by atoms with Crippen LogP contribution in [0, 0.1) is 0 Å². The van der Waals surface area contributed by atoms with Gasteiger partial charge in [-0.3, -0.25) is 0 Å². The zero-order valence-electron chi connectivity index (χ0n) is 11.0. The van der Waals surface area contributed by atoms with Gasteiger partial charge < -0.3 is 4.98 Å². The first-order valence-electron chi connectivity index (χ1n) is 6.14. The van der Waals surface area contributed by atoms with E-state index in [1.807, 2.05) is 0 Å². The van der Waals surface area contributed by atoms with Crippen LogP contribution in [-0.4, -0.2) is 54.2 Å². The van der Waals surface area contributed by atoms with E-state index in [1.165, 1.54) is 28.9 Å². The maximum absolute atomic E-state index is 12.1. The van der Waals surface area contributed by atoms with Crippen molar-refractivity contribution in [3.63, 3.8) is 0 Å². The summed E-state index contributed by atoms with van der Waals surface area (Å²) in [5, 5.41) is 0. The van der Waals surface area contributed by atoms with Crippen LogP contribution in [0.1, 0.15) is 24.5 Å². The first kappa shape index (κ1) is 14.2. The van der Waals surface area contributed by atoms with E-state index in [4.69, 9.17) is 0 Å². The molecule has 1 saturated heterocycles. The van der Waals surface area contributed by atoms with Crippen LogP contribution >= 0.6 is 0 Å². The van der Waals surface area contributed by atoms with Gasteiger partial charge in [0.1, 0.15) is 0 Å². The third-order valence-corrected chi connectivity index (χ3v) is 5.22. The summed E-state index contributed by atoms with van der Waals surface area (Å²) in [6.45, 7) is 0.910. The van der Waals surface area contributed by atoms with Crippen molar-refractivity contribution in [2.45, 2.75) is 18.8 Å². The van der Waals surface area contributed by atoms with Crippen LogP contribution in [0.15, 0.2) is 17.1 Å². The van der Waals surface area contributed by atoms with Crippen LogP contribution in [0.25, 0.3) is 0 Å². The van der Waals surface area contributed by atoms with Gasteiger partial charge in [-0.25, -0.2) is 9.78 Å². The van der Waals surface area contributed by atoms with Crippen LogP contribution in [0.3, 0.4) is 0 Å². The van der Waals surface area contributed by atoms with Gasteiger partial charge >= 0.3 is 5.69 Å².